The first-order valence-electron chi connectivity index (χ1n) is 10.3. The second kappa shape index (κ2) is 12.3. The zero-order valence-electron chi connectivity index (χ0n) is 19.5. The predicted molar refractivity (Wildman–Crippen MR) is 130 cm³/mol. The number of para-hydroxylation sites is 2. The molecule has 0 spiro atoms. The van der Waals surface area contributed by atoms with Gasteiger partial charge in [0.1, 0.15) is 11.7 Å². The number of carboxylic acid groups (broad SMARTS) is 1. The number of aliphatic imine (C=N–C) groups is 2. The van der Waals surface area contributed by atoms with Crippen molar-refractivity contribution in [3.05, 3.63) is 60.7 Å². The van der Waals surface area contributed by atoms with Gasteiger partial charge in [0.15, 0.2) is 0 Å². The van der Waals surface area contributed by atoms with Gasteiger partial charge in [0, 0.05) is 16.5 Å². The third-order valence-corrected chi connectivity index (χ3v) is 5.61. The van der Waals surface area contributed by atoms with Crippen LogP contribution in [0.4, 0.5) is 11.4 Å². The molecule has 7 heteroatoms. The van der Waals surface area contributed by atoms with E-state index in [1.807, 2.05) is 60.3 Å². The standard InChI is InChI=1S/C23H28N3S.C2H4O2.Pd/c1-22(2,3)27-17-16-24-20-23(4,5)21(25-18-12-8-6-9-13-18)26(20)19-14-10-7-11-15-19;1-2(3)4;/h6-14H,16-17H2,1-5H3;1H3,(H,3,4);/q-1;;+2/p-1. The Hall–Kier alpha value is -1.94. The van der Waals surface area contributed by atoms with E-state index in [0.29, 0.717) is 0 Å². The summed E-state index contributed by atoms with van der Waals surface area (Å²) in [4.78, 5) is 20.9. The van der Waals surface area contributed by atoms with Crippen LogP contribution in [0.1, 0.15) is 41.5 Å². The molecule has 0 N–H and O–H groups in total. The molecule has 1 aliphatic rings. The number of benzene rings is 2. The van der Waals surface area contributed by atoms with E-state index in [1.54, 1.807) is 0 Å². The smallest absolute Gasteiger partial charge is 0.550 e. The summed E-state index contributed by atoms with van der Waals surface area (Å²) >= 11 is 1.95. The van der Waals surface area contributed by atoms with E-state index in [9.17, 15) is 0 Å². The molecular weight excluding hydrogens is 513 g/mol. The zero-order valence-corrected chi connectivity index (χ0v) is 21.9. The van der Waals surface area contributed by atoms with Crippen molar-refractivity contribution in [1.29, 1.82) is 0 Å². The first-order valence-corrected chi connectivity index (χ1v) is 11.3. The number of aliphatic carboxylic acids is 1. The molecule has 1 aliphatic heterocycles. The van der Waals surface area contributed by atoms with Crippen LogP contribution in [0.15, 0.2) is 64.6 Å². The molecule has 0 aromatic heterocycles. The Morgan fingerprint density at radius 2 is 1.69 bits per heavy atom. The second-order valence-corrected chi connectivity index (χ2v) is 10.6. The minimum atomic E-state index is -1.08. The van der Waals surface area contributed by atoms with Crippen molar-refractivity contribution in [2.75, 3.05) is 17.2 Å². The SMILES string of the molecule is CC(=O)[O-].CC(C)(C)SCCN=C1N(c2[c-]cccc2)C(=Nc2ccccc2)C1(C)C.[Pd+2]. The van der Waals surface area contributed by atoms with Gasteiger partial charge in [0.2, 0.25) is 0 Å². The number of hydrogen-bond donors (Lipinski definition) is 0. The quantitative estimate of drug-likeness (QED) is 0.310. The average molecular weight is 544 g/mol. The van der Waals surface area contributed by atoms with Gasteiger partial charge in [-0.1, -0.05) is 44.7 Å². The number of carbonyl (C=O) groups is 1. The van der Waals surface area contributed by atoms with Gasteiger partial charge in [-0.15, -0.1) is 6.07 Å². The molecule has 2 aromatic rings. The fraction of sp³-hybridized carbons (Fsp3) is 0.400. The first kappa shape index (κ1) is 28.1. The number of nitrogens with zero attached hydrogens (tertiary/aromatic N) is 3. The minimum Gasteiger partial charge on any atom is -0.550 e. The number of carboxylic acids is 1. The molecule has 3 rings (SSSR count). The normalized spacial score (nSPS) is 17.1. The summed E-state index contributed by atoms with van der Waals surface area (Å²) in [6, 6.07) is 21.5. The van der Waals surface area contributed by atoms with Crippen LogP contribution < -0.4 is 10.0 Å². The van der Waals surface area contributed by atoms with Crippen LogP contribution in [0.5, 0.6) is 0 Å². The first-order chi connectivity index (χ1) is 14.5. The molecule has 32 heavy (non-hydrogen) atoms. The van der Waals surface area contributed by atoms with Crippen molar-refractivity contribution in [2.24, 2.45) is 15.4 Å². The van der Waals surface area contributed by atoms with Gasteiger partial charge in [0.25, 0.3) is 0 Å². The predicted octanol–water partition coefficient (Wildman–Crippen LogP) is 4.75. The third kappa shape index (κ3) is 8.20. The van der Waals surface area contributed by atoms with E-state index in [4.69, 9.17) is 19.9 Å². The molecule has 0 atom stereocenters. The van der Waals surface area contributed by atoms with Crippen molar-refractivity contribution in [1.82, 2.24) is 0 Å². The Morgan fingerprint density at radius 1 is 1.09 bits per heavy atom. The Morgan fingerprint density at radius 3 is 2.22 bits per heavy atom. The molecular formula is C25H31N3O2PdS. The number of thioether (sulfide) groups is 1. The van der Waals surface area contributed by atoms with Crippen molar-refractivity contribution >= 4 is 40.8 Å². The Kier molecular flexibility index (Phi) is 10.8. The van der Waals surface area contributed by atoms with Crippen LogP contribution in [0.25, 0.3) is 0 Å². The molecule has 0 unspecified atom stereocenters. The summed E-state index contributed by atoms with van der Waals surface area (Å²) in [6.45, 7) is 12.9. The molecule has 2 aromatic carbocycles. The van der Waals surface area contributed by atoms with Crippen molar-refractivity contribution in [3.63, 3.8) is 0 Å². The van der Waals surface area contributed by atoms with Gasteiger partial charge in [-0.25, -0.2) is 4.99 Å². The van der Waals surface area contributed by atoms with E-state index in [0.717, 1.165) is 42.3 Å². The molecule has 0 aliphatic carbocycles. The van der Waals surface area contributed by atoms with Crippen LogP contribution in [0.3, 0.4) is 0 Å². The molecule has 0 bridgehead atoms. The van der Waals surface area contributed by atoms with Gasteiger partial charge >= 0.3 is 20.4 Å². The summed E-state index contributed by atoms with van der Waals surface area (Å²) in [6.07, 6.45) is 0. The van der Waals surface area contributed by atoms with Crippen LogP contribution in [-0.2, 0) is 25.2 Å². The van der Waals surface area contributed by atoms with Crippen molar-refractivity contribution in [3.8, 4) is 0 Å². The van der Waals surface area contributed by atoms with Gasteiger partial charge < -0.3 is 14.8 Å². The second-order valence-electron chi connectivity index (χ2n) is 8.64. The number of amidine groups is 2. The molecule has 1 saturated heterocycles. The average Bonchev–Trinajstić information content (AvgIpc) is 2.69. The Bertz CT molecular complexity index is 919. The molecule has 5 nitrogen and oxygen atoms in total. The van der Waals surface area contributed by atoms with Crippen LogP contribution >= 0.6 is 11.8 Å². The Labute approximate surface area is 210 Å². The van der Waals surface area contributed by atoms with E-state index in [-0.39, 0.29) is 30.6 Å². The Balaban J connectivity index is 0.000000945. The summed E-state index contributed by atoms with van der Waals surface area (Å²) in [5.74, 6) is 2.01. The van der Waals surface area contributed by atoms with E-state index >= 15 is 0 Å². The summed E-state index contributed by atoms with van der Waals surface area (Å²) < 4.78 is 0.266. The van der Waals surface area contributed by atoms with Crippen molar-refractivity contribution < 1.29 is 30.3 Å². The third-order valence-electron chi connectivity index (χ3n) is 4.35. The summed E-state index contributed by atoms with van der Waals surface area (Å²) in [5.41, 5.74) is 1.77. The van der Waals surface area contributed by atoms with E-state index < -0.39 is 5.97 Å². The molecule has 174 valence electrons. The van der Waals surface area contributed by atoms with Crippen LogP contribution in [0.2, 0.25) is 0 Å². The van der Waals surface area contributed by atoms with Gasteiger partial charge in [-0.3, -0.25) is 4.99 Å². The maximum absolute atomic E-state index is 8.89. The molecule has 1 fully saturated rings. The zero-order chi connectivity index (χ0) is 23.1. The number of hydrogen-bond acceptors (Lipinski definition) is 5. The monoisotopic (exact) mass is 543 g/mol. The minimum absolute atomic E-state index is 0. The fourth-order valence-corrected chi connectivity index (χ4v) is 3.84. The maximum Gasteiger partial charge on any atom is 2.00 e. The van der Waals surface area contributed by atoms with Crippen LogP contribution in [0, 0.1) is 11.5 Å². The summed E-state index contributed by atoms with van der Waals surface area (Å²) in [5, 5.41) is 8.89. The maximum atomic E-state index is 8.89. The fourth-order valence-electron chi connectivity index (χ4n) is 3.04. The van der Waals surface area contributed by atoms with E-state index in [1.165, 1.54) is 0 Å². The van der Waals surface area contributed by atoms with Gasteiger partial charge in [-0.05, 0) is 32.9 Å². The largest absolute Gasteiger partial charge is 2.00 e. The number of anilines is 1. The van der Waals surface area contributed by atoms with Gasteiger partial charge in [0.05, 0.1) is 17.6 Å². The van der Waals surface area contributed by atoms with Crippen molar-refractivity contribution in [2.45, 2.75) is 46.3 Å². The summed E-state index contributed by atoms with van der Waals surface area (Å²) in [7, 11) is 0. The molecule has 0 saturated carbocycles. The molecule has 0 radical (unpaired) electrons. The van der Waals surface area contributed by atoms with Gasteiger partial charge in [-0.2, -0.15) is 36.0 Å². The number of rotatable bonds is 5. The molecule has 0 amide bonds. The topological polar surface area (TPSA) is 68.1 Å². The molecule has 1 heterocycles. The van der Waals surface area contributed by atoms with E-state index in [2.05, 4.69) is 51.7 Å². The van der Waals surface area contributed by atoms with Crippen LogP contribution in [-0.4, -0.2) is 34.7 Å². The number of carbonyl (C=O) groups excluding carboxylic acids is 1.